The monoisotopic (exact) mass is 284 g/mol. The predicted molar refractivity (Wildman–Crippen MR) is 71.3 cm³/mol. The van der Waals surface area contributed by atoms with E-state index in [-0.39, 0.29) is 24.3 Å². The highest BCUT2D eigenvalue weighted by Gasteiger charge is 2.25. The fourth-order valence-corrected chi connectivity index (χ4v) is 2.53. The Balaban J connectivity index is 1.94. The van der Waals surface area contributed by atoms with Crippen LogP contribution in [0.25, 0.3) is 0 Å². The Morgan fingerprint density at radius 2 is 2.05 bits per heavy atom. The molecule has 0 aromatic heterocycles. The molecule has 110 valence electrons. The van der Waals surface area contributed by atoms with Crippen molar-refractivity contribution in [3.05, 3.63) is 29.8 Å². The van der Waals surface area contributed by atoms with Crippen molar-refractivity contribution in [3.63, 3.8) is 0 Å². The van der Waals surface area contributed by atoms with Crippen LogP contribution in [0.4, 0.5) is 19.3 Å². The standard InChI is InChI=1S/C14H18F2N2O2/c15-10-5-6-13(11(16)7-10)18-14(20)17-12-4-2-1-3-9(12)8-19/h5-7,9,12,19H,1-4,8H2,(H2,17,18,20). The van der Waals surface area contributed by atoms with Gasteiger partial charge in [0.1, 0.15) is 11.6 Å². The third kappa shape index (κ3) is 3.66. The second kappa shape index (κ2) is 6.65. The van der Waals surface area contributed by atoms with Crippen LogP contribution in [0, 0.1) is 17.6 Å². The Labute approximate surface area is 116 Å². The lowest BCUT2D eigenvalue weighted by atomic mass is 9.85. The maximum absolute atomic E-state index is 13.4. The Bertz CT molecular complexity index is 482. The summed E-state index contributed by atoms with van der Waals surface area (Å²) in [6.07, 6.45) is 3.70. The maximum atomic E-state index is 13.4. The van der Waals surface area contributed by atoms with Crippen molar-refractivity contribution in [3.8, 4) is 0 Å². The van der Waals surface area contributed by atoms with Gasteiger partial charge in [-0.05, 0) is 25.0 Å². The van der Waals surface area contributed by atoms with E-state index in [1.54, 1.807) is 0 Å². The summed E-state index contributed by atoms with van der Waals surface area (Å²) < 4.78 is 26.2. The molecule has 0 aliphatic heterocycles. The van der Waals surface area contributed by atoms with E-state index >= 15 is 0 Å². The maximum Gasteiger partial charge on any atom is 0.319 e. The van der Waals surface area contributed by atoms with Crippen molar-refractivity contribution in [2.24, 2.45) is 5.92 Å². The third-order valence-corrected chi connectivity index (χ3v) is 3.64. The molecule has 2 rings (SSSR count). The average Bonchev–Trinajstić information content (AvgIpc) is 2.42. The summed E-state index contributed by atoms with van der Waals surface area (Å²) in [5.74, 6) is -1.48. The van der Waals surface area contributed by atoms with E-state index in [0.29, 0.717) is 6.07 Å². The predicted octanol–water partition coefficient (Wildman–Crippen LogP) is 2.64. The molecule has 3 N–H and O–H groups in total. The van der Waals surface area contributed by atoms with E-state index in [1.807, 2.05) is 0 Å². The van der Waals surface area contributed by atoms with Gasteiger partial charge in [-0.15, -0.1) is 0 Å². The van der Waals surface area contributed by atoms with Crippen molar-refractivity contribution in [1.82, 2.24) is 5.32 Å². The molecule has 0 heterocycles. The first kappa shape index (κ1) is 14.7. The fourth-order valence-electron chi connectivity index (χ4n) is 2.53. The van der Waals surface area contributed by atoms with E-state index in [2.05, 4.69) is 10.6 Å². The number of nitrogens with one attached hydrogen (secondary N) is 2. The highest BCUT2D eigenvalue weighted by Crippen LogP contribution is 2.24. The molecule has 1 saturated carbocycles. The zero-order valence-corrected chi connectivity index (χ0v) is 11.0. The van der Waals surface area contributed by atoms with Crippen LogP contribution in [0.5, 0.6) is 0 Å². The lowest BCUT2D eigenvalue weighted by Gasteiger charge is -2.30. The zero-order valence-electron chi connectivity index (χ0n) is 11.0. The number of hydrogen-bond donors (Lipinski definition) is 3. The van der Waals surface area contributed by atoms with Gasteiger partial charge in [-0.2, -0.15) is 0 Å². The SMILES string of the molecule is O=C(Nc1ccc(F)cc1F)NC1CCCCC1CO. The highest BCUT2D eigenvalue weighted by molar-refractivity contribution is 5.89. The van der Waals surface area contributed by atoms with Gasteiger partial charge in [0.15, 0.2) is 0 Å². The number of anilines is 1. The first-order valence-electron chi connectivity index (χ1n) is 6.73. The first-order chi connectivity index (χ1) is 9.60. The van der Waals surface area contributed by atoms with Gasteiger partial charge >= 0.3 is 6.03 Å². The molecule has 1 aliphatic rings. The molecule has 1 aromatic carbocycles. The summed E-state index contributed by atoms with van der Waals surface area (Å²) in [4.78, 5) is 11.8. The molecule has 1 aromatic rings. The normalized spacial score (nSPS) is 22.4. The molecule has 2 atom stereocenters. The van der Waals surface area contributed by atoms with Gasteiger partial charge in [-0.3, -0.25) is 0 Å². The molecule has 0 spiro atoms. The molecule has 0 saturated heterocycles. The number of halogens is 2. The Kier molecular flexibility index (Phi) is 4.89. The molecular formula is C14H18F2N2O2. The van der Waals surface area contributed by atoms with E-state index in [9.17, 15) is 18.7 Å². The second-order valence-corrected chi connectivity index (χ2v) is 5.06. The lowest BCUT2D eigenvalue weighted by molar-refractivity contribution is 0.156. The summed E-state index contributed by atoms with van der Waals surface area (Å²) >= 11 is 0. The van der Waals surface area contributed by atoms with E-state index in [1.165, 1.54) is 6.07 Å². The third-order valence-electron chi connectivity index (χ3n) is 3.64. The van der Waals surface area contributed by atoms with Crippen molar-refractivity contribution in [2.75, 3.05) is 11.9 Å². The van der Waals surface area contributed by atoms with Crippen molar-refractivity contribution in [1.29, 1.82) is 0 Å². The van der Waals surface area contributed by atoms with Gasteiger partial charge in [0.2, 0.25) is 0 Å². The topological polar surface area (TPSA) is 61.4 Å². The average molecular weight is 284 g/mol. The van der Waals surface area contributed by atoms with Crippen LogP contribution in [0.15, 0.2) is 18.2 Å². The summed E-state index contributed by atoms with van der Waals surface area (Å²) in [7, 11) is 0. The largest absolute Gasteiger partial charge is 0.396 e. The number of carbonyl (C=O) groups excluding carboxylic acids is 1. The van der Waals surface area contributed by atoms with E-state index in [0.717, 1.165) is 31.7 Å². The highest BCUT2D eigenvalue weighted by atomic mass is 19.1. The van der Waals surface area contributed by atoms with Crippen molar-refractivity contribution >= 4 is 11.7 Å². The molecule has 1 aliphatic carbocycles. The lowest BCUT2D eigenvalue weighted by Crippen LogP contribution is -2.45. The van der Waals surface area contributed by atoms with E-state index in [4.69, 9.17) is 0 Å². The van der Waals surface area contributed by atoms with Crippen LogP contribution in [-0.4, -0.2) is 23.8 Å². The summed E-state index contributed by atoms with van der Waals surface area (Å²) in [5.41, 5.74) is -0.0692. The van der Waals surface area contributed by atoms with Crippen LogP contribution >= 0.6 is 0 Å². The Morgan fingerprint density at radius 1 is 1.30 bits per heavy atom. The van der Waals surface area contributed by atoms with E-state index < -0.39 is 17.7 Å². The minimum absolute atomic E-state index is 0.0237. The number of benzene rings is 1. The molecule has 4 nitrogen and oxygen atoms in total. The Morgan fingerprint density at radius 3 is 2.75 bits per heavy atom. The first-order valence-corrected chi connectivity index (χ1v) is 6.73. The van der Waals surface area contributed by atoms with Crippen LogP contribution in [0.3, 0.4) is 0 Å². The number of carbonyl (C=O) groups is 1. The molecule has 2 amide bonds. The molecule has 20 heavy (non-hydrogen) atoms. The van der Waals surface area contributed by atoms with Crippen LogP contribution in [-0.2, 0) is 0 Å². The molecule has 0 radical (unpaired) electrons. The molecule has 0 bridgehead atoms. The summed E-state index contributed by atoms with van der Waals surface area (Å²) in [6, 6.07) is 2.31. The number of amides is 2. The fraction of sp³-hybridized carbons (Fsp3) is 0.500. The molecule has 2 unspecified atom stereocenters. The number of urea groups is 1. The number of aliphatic hydroxyl groups is 1. The van der Waals surface area contributed by atoms with Crippen LogP contribution in [0.1, 0.15) is 25.7 Å². The molecule has 1 fully saturated rings. The number of hydrogen-bond acceptors (Lipinski definition) is 2. The van der Waals surface area contributed by atoms with Gasteiger partial charge in [0.25, 0.3) is 0 Å². The van der Waals surface area contributed by atoms with Gasteiger partial charge in [0, 0.05) is 24.6 Å². The Hall–Kier alpha value is -1.69. The molecular weight excluding hydrogens is 266 g/mol. The zero-order chi connectivity index (χ0) is 14.5. The smallest absolute Gasteiger partial charge is 0.319 e. The molecule has 6 heteroatoms. The number of rotatable bonds is 3. The van der Waals surface area contributed by atoms with Crippen molar-refractivity contribution in [2.45, 2.75) is 31.7 Å². The number of aliphatic hydroxyl groups excluding tert-OH is 1. The van der Waals surface area contributed by atoms with Crippen LogP contribution in [0.2, 0.25) is 0 Å². The van der Waals surface area contributed by atoms with Gasteiger partial charge in [0.05, 0.1) is 5.69 Å². The minimum Gasteiger partial charge on any atom is -0.396 e. The van der Waals surface area contributed by atoms with Gasteiger partial charge in [-0.25, -0.2) is 13.6 Å². The summed E-state index contributed by atoms with van der Waals surface area (Å²) in [5, 5.41) is 14.4. The minimum atomic E-state index is -0.817. The second-order valence-electron chi connectivity index (χ2n) is 5.06. The van der Waals surface area contributed by atoms with Crippen LogP contribution < -0.4 is 10.6 Å². The van der Waals surface area contributed by atoms with Gasteiger partial charge in [-0.1, -0.05) is 12.8 Å². The quantitative estimate of drug-likeness (QED) is 0.799. The summed E-state index contributed by atoms with van der Waals surface area (Å²) in [6.45, 7) is 0.0237. The van der Waals surface area contributed by atoms with Gasteiger partial charge < -0.3 is 15.7 Å². The van der Waals surface area contributed by atoms with Crippen molar-refractivity contribution < 1.29 is 18.7 Å².